The summed E-state index contributed by atoms with van der Waals surface area (Å²) in [7, 11) is 2.18. The van der Waals surface area contributed by atoms with E-state index in [1.807, 2.05) is 0 Å². The van der Waals surface area contributed by atoms with Gasteiger partial charge in [-0.3, -0.25) is 0 Å². The van der Waals surface area contributed by atoms with E-state index in [2.05, 4.69) is 29.4 Å². The second-order valence-corrected chi connectivity index (χ2v) is 4.48. The summed E-state index contributed by atoms with van der Waals surface area (Å²) < 4.78 is 0. The lowest BCUT2D eigenvalue weighted by Gasteiger charge is -2.37. The summed E-state index contributed by atoms with van der Waals surface area (Å²) >= 11 is 0. The van der Waals surface area contributed by atoms with Crippen LogP contribution < -0.4 is 5.32 Å². The molecule has 1 aliphatic carbocycles. The highest BCUT2D eigenvalue weighted by Gasteiger charge is 2.23. The molecule has 1 fully saturated rings. The third-order valence-corrected chi connectivity index (χ3v) is 3.14. The van der Waals surface area contributed by atoms with Gasteiger partial charge in [-0.15, -0.1) is 0 Å². The Labute approximate surface area is 81.0 Å². The number of likely N-dealkylation sites (N-methyl/N-ethyl adjacent to an activating group) is 1. The molecule has 1 atom stereocenters. The number of allylic oxidation sites excluding steroid dienone is 2. The van der Waals surface area contributed by atoms with Gasteiger partial charge in [-0.1, -0.05) is 12.2 Å². The molecular weight excluding hydrogens is 160 g/mol. The van der Waals surface area contributed by atoms with Gasteiger partial charge in [-0.05, 0) is 38.8 Å². The molecule has 2 aliphatic rings. The summed E-state index contributed by atoms with van der Waals surface area (Å²) in [5, 5.41) is 3.64. The third kappa shape index (κ3) is 2.55. The summed E-state index contributed by atoms with van der Waals surface area (Å²) in [4.78, 5) is 2.36. The number of likely N-dealkylation sites (tertiary alicyclic amines) is 1. The van der Waals surface area contributed by atoms with Crippen LogP contribution in [0.4, 0.5) is 0 Å². The summed E-state index contributed by atoms with van der Waals surface area (Å²) in [5.41, 5.74) is 0. The molecule has 1 N–H and O–H groups in total. The molecule has 74 valence electrons. The van der Waals surface area contributed by atoms with Crippen molar-refractivity contribution in [1.29, 1.82) is 0 Å². The van der Waals surface area contributed by atoms with Crippen LogP contribution in [-0.4, -0.2) is 37.6 Å². The van der Waals surface area contributed by atoms with Gasteiger partial charge in [-0.25, -0.2) is 0 Å². The Bertz CT molecular complexity index is 183. The smallest absolute Gasteiger partial charge is 0.0322 e. The monoisotopic (exact) mass is 180 g/mol. The molecule has 2 rings (SSSR count). The molecule has 0 bridgehead atoms. The van der Waals surface area contributed by atoms with Crippen molar-refractivity contribution < 1.29 is 0 Å². The number of hydrogen-bond acceptors (Lipinski definition) is 2. The highest BCUT2D eigenvalue weighted by molar-refractivity contribution is 4.92. The normalized spacial score (nSPS) is 30.4. The molecule has 2 nitrogen and oxygen atoms in total. The predicted octanol–water partition coefficient (Wildman–Crippen LogP) is 1.25. The number of nitrogens with one attached hydrogen (secondary N) is 1. The first-order valence-corrected chi connectivity index (χ1v) is 5.41. The first-order valence-electron chi connectivity index (χ1n) is 5.41. The van der Waals surface area contributed by atoms with Crippen molar-refractivity contribution in [3.8, 4) is 0 Å². The van der Waals surface area contributed by atoms with E-state index in [1.54, 1.807) is 0 Å². The van der Waals surface area contributed by atoms with Crippen molar-refractivity contribution in [3.63, 3.8) is 0 Å². The average molecular weight is 180 g/mol. The zero-order chi connectivity index (χ0) is 9.10. The van der Waals surface area contributed by atoms with Crippen LogP contribution in [0, 0.1) is 5.92 Å². The van der Waals surface area contributed by atoms with Crippen molar-refractivity contribution in [2.45, 2.75) is 25.3 Å². The predicted molar refractivity (Wildman–Crippen MR) is 55.8 cm³/mol. The van der Waals surface area contributed by atoms with Gasteiger partial charge in [-0.2, -0.15) is 0 Å². The second kappa shape index (κ2) is 4.25. The quantitative estimate of drug-likeness (QED) is 0.658. The lowest BCUT2D eigenvalue weighted by atomic mass is 9.94. The molecule has 1 aliphatic heterocycles. The van der Waals surface area contributed by atoms with E-state index in [0.29, 0.717) is 0 Å². The number of nitrogens with zero attached hydrogens (tertiary/aromatic N) is 1. The van der Waals surface area contributed by atoms with E-state index in [1.165, 1.54) is 38.9 Å². The van der Waals surface area contributed by atoms with Gasteiger partial charge in [0.25, 0.3) is 0 Å². The molecule has 0 saturated carbocycles. The van der Waals surface area contributed by atoms with Crippen molar-refractivity contribution in [2.75, 3.05) is 26.7 Å². The van der Waals surface area contributed by atoms with Crippen molar-refractivity contribution in [3.05, 3.63) is 12.2 Å². The minimum Gasteiger partial charge on any atom is -0.311 e. The summed E-state index contributed by atoms with van der Waals surface area (Å²) in [6.45, 7) is 3.70. The molecule has 0 aromatic heterocycles. The zero-order valence-electron chi connectivity index (χ0n) is 8.50. The molecule has 1 saturated heterocycles. The second-order valence-electron chi connectivity index (χ2n) is 4.48. The molecule has 0 spiro atoms. The topological polar surface area (TPSA) is 15.3 Å². The third-order valence-electron chi connectivity index (χ3n) is 3.14. The van der Waals surface area contributed by atoms with Crippen LogP contribution in [-0.2, 0) is 0 Å². The molecule has 2 heteroatoms. The molecule has 13 heavy (non-hydrogen) atoms. The van der Waals surface area contributed by atoms with Gasteiger partial charge in [0.2, 0.25) is 0 Å². The first-order chi connectivity index (χ1) is 6.34. The molecule has 0 aromatic carbocycles. The largest absolute Gasteiger partial charge is 0.311 e. The van der Waals surface area contributed by atoms with Crippen LogP contribution in [0.15, 0.2) is 12.2 Å². The highest BCUT2D eigenvalue weighted by atomic mass is 15.2. The van der Waals surface area contributed by atoms with Crippen molar-refractivity contribution in [2.24, 2.45) is 5.92 Å². The summed E-state index contributed by atoms with van der Waals surface area (Å²) in [6, 6.07) is 0.774. The maximum atomic E-state index is 3.64. The lowest BCUT2D eigenvalue weighted by Crippen LogP contribution is -2.56. The van der Waals surface area contributed by atoms with Gasteiger partial charge < -0.3 is 10.2 Å². The highest BCUT2D eigenvalue weighted by Crippen LogP contribution is 2.17. The van der Waals surface area contributed by atoms with Gasteiger partial charge in [0.05, 0.1) is 0 Å². The fourth-order valence-corrected chi connectivity index (χ4v) is 2.20. The molecule has 1 heterocycles. The maximum absolute atomic E-state index is 3.64. The first kappa shape index (κ1) is 9.22. The molecule has 0 radical (unpaired) electrons. The molecule has 0 aromatic rings. The summed E-state index contributed by atoms with van der Waals surface area (Å²) in [6.07, 6.45) is 8.61. The van der Waals surface area contributed by atoms with Crippen molar-refractivity contribution >= 4 is 0 Å². The number of rotatable bonds is 3. The molecule has 1 unspecified atom stereocenters. The van der Waals surface area contributed by atoms with E-state index in [4.69, 9.17) is 0 Å². The van der Waals surface area contributed by atoms with Gasteiger partial charge in [0.15, 0.2) is 0 Å². The van der Waals surface area contributed by atoms with Crippen molar-refractivity contribution in [1.82, 2.24) is 10.2 Å². The Morgan fingerprint density at radius 3 is 2.85 bits per heavy atom. The average Bonchev–Trinajstić information content (AvgIpc) is 2.12. The lowest BCUT2D eigenvalue weighted by molar-refractivity contribution is 0.156. The van der Waals surface area contributed by atoms with Crippen LogP contribution >= 0.6 is 0 Å². The summed E-state index contributed by atoms with van der Waals surface area (Å²) in [5.74, 6) is 0.899. The van der Waals surface area contributed by atoms with E-state index in [-0.39, 0.29) is 0 Å². The molecule has 0 amide bonds. The van der Waals surface area contributed by atoms with Gasteiger partial charge >= 0.3 is 0 Å². The van der Waals surface area contributed by atoms with Crippen LogP contribution in [0.3, 0.4) is 0 Å². The molecular formula is C11H20N2. The standard InChI is InChI=1S/C11H20N2/c1-13-8-11(9-13)12-7-10-5-3-2-4-6-10/h2-3,10-12H,4-9H2,1H3. The van der Waals surface area contributed by atoms with E-state index < -0.39 is 0 Å². The maximum Gasteiger partial charge on any atom is 0.0322 e. The van der Waals surface area contributed by atoms with Crippen LogP contribution in [0.25, 0.3) is 0 Å². The Morgan fingerprint density at radius 2 is 2.23 bits per heavy atom. The van der Waals surface area contributed by atoms with Crippen LogP contribution in [0.1, 0.15) is 19.3 Å². The Morgan fingerprint density at radius 1 is 1.38 bits per heavy atom. The minimum absolute atomic E-state index is 0.774. The van der Waals surface area contributed by atoms with Crippen LogP contribution in [0.2, 0.25) is 0 Å². The van der Waals surface area contributed by atoms with E-state index >= 15 is 0 Å². The van der Waals surface area contributed by atoms with E-state index in [0.717, 1.165) is 12.0 Å². The van der Waals surface area contributed by atoms with Gasteiger partial charge in [0.1, 0.15) is 0 Å². The Balaban J connectivity index is 1.60. The fourth-order valence-electron chi connectivity index (χ4n) is 2.20. The van der Waals surface area contributed by atoms with E-state index in [9.17, 15) is 0 Å². The Hall–Kier alpha value is -0.340. The minimum atomic E-state index is 0.774. The fraction of sp³-hybridized carbons (Fsp3) is 0.818. The zero-order valence-corrected chi connectivity index (χ0v) is 8.50. The number of hydrogen-bond donors (Lipinski definition) is 1. The SMILES string of the molecule is CN1CC(NCC2CC=CCC2)C1. The Kier molecular flexibility index (Phi) is 3.01. The van der Waals surface area contributed by atoms with Gasteiger partial charge in [0, 0.05) is 19.1 Å². The van der Waals surface area contributed by atoms with Crippen LogP contribution in [0.5, 0.6) is 0 Å².